The molecular formula is C8H17NO3S. The fourth-order valence-corrected chi connectivity index (χ4v) is 3.38. The van der Waals surface area contributed by atoms with E-state index in [0.717, 1.165) is 19.5 Å². The van der Waals surface area contributed by atoms with Gasteiger partial charge in [0, 0.05) is 13.7 Å². The highest BCUT2D eigenvalue weighted by atomic mass is 32.2. The molecule has 0 radical (unpaired) electrons. The summed E-state index contributed by atoms with van der Waals surface area (Å²) in [6.45, 7) is 2.27. The molecule has 1 aliphatic heterocycles. The maximum absolute atomic E-state index is 11.1. The highest BCUT2D eigenvalue weighted by molar-refractivity contribution is 7.91. The molecule has 4 nitrogen and oxygen atoms in total. The fraction of sp³-hybridized carbons (Fsp3) is 1.00. The Labute approximate surface area is 79.6 Å². The molecule has 1 saturated heterocycles. The van der Waals surface area contributed by atoms with Crippen LogP contribution in [0, 0.1) is 5.92 Å². The molecule has 0 aromatic heterocycles. The van der Waals surface area contributed by atoms with E-state index in [9.17, 15) is 8.42 Å². The number of rotatable bonds is 5. The van der Waals surface area contributed by atoms with Gasteiger partial charge >= 0.3 is 0 Å². The van der Waals surface area contributed by atoms with Crippen molar-refractivity contribution in [3.05, 3.63) is 0 Å². The topological polar surface area (TPSA) is 55.4 Å². The summed E-state index contributed by atoms with van der Waals surface area (Å²) in [5.74, 6) is 1.03. The van der Waals surface area contributed by atoms with Gasteiger partial charge in [-0.05, 0) is 18.9 Å². The second kappa shape index (κ2) is 4.93. The third-order valence-electron chi connectivity index (χ3n) is 2.24. The summed E-state index contributed by atoms with van der Waals surface area (Å²) in [5.41, 5.74) is 0. The third-order valence-corrected chi connectivity index (χ3v) is 4.08. The zero-order valence-electron chi connectivity index (χ0n) is 7.95. The van der Waals surface area contributed by atoms with E-state index in [1.165, 1.54) is 0 Å². The van der Waals surface area contributed by atoms with Crippen LogP contribution in [0.5, 0.6) is 0 Å². The van der Waals surface area contributed by atoms with Gasteiger partial charge < -0.3 is 10.1 Å². The van der Waals surface area contributed by atoms with Gasteiger partial charge in [0.05, 0.1) is 18.1 Å². The molecule has 0 aliphatic carbocycles. The Hall–Kier alpha value is -0.130. The number of hydrogen-bond donors (Lipinski definition) is 1. The monoisotopic (exact) mass is 207 g/mol. The Morgan fingerprint density at radius 1 is 1.54 bits per heavy atom. The second-order valence-corrected chi connectivity index (χ2v) is 5.69. The smallest absolute Gasteiger partial charge is 0.150 e. The number of hydrogen-bond acceptors (Lipinski definition) is 4. The first-order chi connectivity index (χ1) is 6.14. The van der Waals surface area contributed by atoms with E-state index < -0.39 is 9.84 Å². The molecule has 0 aromatic carbocycles. The van der Waals surface area contributed by atoms with Gasteiger partial charge in [0.25, 0.3) is 0 Å². The Balaban J connectivity index is 2.11. The van der Waals surface area contributed by atoms with E-state index >= 15 is 0 Å². The summed E-state index contributed by atoms with van der Waals surface area (Å²) < 4.78 is 27.0. The lowest BCUT2D eigenvalue weighted by molar-refractivity contribution is 0.198. The highest BCUT2D eigenvalue weighted by Crippen LogP contribution is 2.16. The van der Waals surface area contributed by atoms with E-state index in [2.05, 4.69) is 5.32 Å². The van der Waals surface area contributed by atoms with Gasteiger partial charge in [-0.1, -0.05) is 0 Å². The minimum Gasteiger partial charge on any atom is -0.383 e. The summed E-state index contributed by atoms with van der Waals surface area (Å²) in [6, 6.07) is 0. The average molecular weight is 207 g/mol. The van der Waals surface area contributed by atoms with Crippen LogP contribution in [-0.2, 0) is 14.6 Å². The summed E-state index contributed by atoms with van der Waals surface area (Å²) in [7, 11) is -1.05. The lowest BCUT2D eigenvalue weighted by atomic mass is 10.1. The molecule has 0 saturated carbocycles. The molecule has 5 heteroatoms. The Kier molecular flexibility index (Phi) is 4.15. The van der Waals surface area contributed by atoms with Crippen molar-refractivity contribution >= 4 is 9.84 Å². The van der Waals surface area contributed by atoms with Gasteiger partial charge in [-0.2, -0.15) is 0 Å². The van der Waals surface area contributed by atoms with Crippen LogP contribution in [0.25, 0.3) is 0 Å². The van der Waals surface area contributed by atoms with Crippen molar-refractivity contribution < 1.29 is 13.2 Å². The van der Waals surface area contributed by atoms with Crippen LogP contribution in [0.2, 0.25) is 0 Å². The molecule has 1 atom stereocenters. The van der Waals surface area contributed by atoms with Crippen LogP contribution in [0.1, 0.15) is 6.42 Å². The molecule has 0 aromatic rings. The van der Waals surface area contributed by atoms with Gasteiger partial charge in [0.15, 0.2) is 9.84 Å². The minimum atomic E-state index is -2.71. The molecule has 0 spiro atoms. The maximum Gasteiger partial charge on any atom is 0.150 e. The summed E-state index contributed by atoms with van der Waals surface area (Å²) in [5, 5.41) is 3.18. The lowest BCUT2D eigenvalue weighted by Gasteiger charge is -2.08. The normalized spacial score (nSPS) is 26.4. The van der Waals surface area contributed by atoms with Crippen molar-refractivity contribution in [2.45, 2.75) is 6.42 Å². The Morgan fingerprint density at radius 2 is 2.31 bits per heavy atom. The average Bonchev–Trinajstić information content (AvgIpc) is 2.40. The zero-order valence-corrected chi connectivity index (χ0v) is 8.77. The number of methoxy groups -OCH3 is 1. The quantitative estimate of drug-likeness (QED) is 0.626. The SMILES string of the molecule is COCCNCC1CCS(=O)(=O)C1. The standard InChI is InChI=1S/C8H17NO3S/c1-12-4-3-9-6-8-2-5-13(10,11)7-8/h8-9H,2-7H2,1H3. The van der Waals surface area contributed by atoms with Crippen LogP contribution in [-0.4, -0.2) is 46.7 Å². The van der Waals surface area contributed by atoms with E-state index in [0.29, 0.717) is 24.0 Å². The molecule has 1 rings (SSSR count). The third kappa shape index (κ3) is 4.06. The molecule has 1 heterocycles. The minimum absolute atomic E-state index is 0.307. The molecule has 1 unspecified atom stereocenters. The number of sulfone groups is 1. The zero-order chi connectivity index (χ0) is 9.73. The first-order valence-electron chi connectivity index (χ1n) is 4.54. The van der Waals surface area contributed by atoms with Crippen molar-refractivity contribution in [1.29, 1.82) is 0 Å². The van der Waals surface area contributed by atoms with E-state index in [1.54, 1.807) is 7.11 Å². The highest BCUT2D eigenvalue weighted by Gasteiger charge is 2.27. The van der Waals surface area contributed by atoms with Crippen LogP contribution < -0.4 is 5.32 Å². The first-order valence-corrected chi connectivity index (χ1v) is 6.36. The number of ether oxygens (including phenoxy) is 1. The molecule has 1 fully saturated rings. The summed E-state index contributed by atoms with van der Waals surface area (Å²) in [6.07, 6.45) is 0.808. The molecule has 0 amide bonds. The van der Waals surface area contributed by atoms with Crippen LogP contribution >= 0.6 is 0 Å². The van der Waals surface area contributed by atoms with Crippen LogP contribution in [0.15, 0.2) is 0 Å². The predicted octanol–water partition coefficient (Wildman–Crippen LogP) is -0.343. The Morgan fingerprint density at radius 3 is 2.85 bits per heavy atom. The van der Waals surface area contributed by atoms with E-state index in [4.69, 9.17) is 4.74 Å². The van der Waals surface area contributed by atoms with Gasteiger partial charge in [0.1, 0.15) is 0 Å². The van der Waals surface area contributed by atoms with Crippen LogP contribution in [0.4, 0.5) is 0 Å². The maximum atomic E-state index is 11.1. The van der Waals surface area contributed by atoms with Gasteiger partial charge in [-0.25, -0.2) is 8.42 Å². The van der Waals surface area contributed by atoms with Crippen molar-refractivity contribution in [2.24, 2.45) is 5.92 Å². The predicted molar refractivity (Wildman–Crippen MR) is 51.5 cm³/mol. The molecule has 1 N–H and O–H groups in total. The van der Waals surface area contributed by atoms with Gasteiger partial charge in [0.2, 0.25) is 0 Å². The molecule has 13 heavy (non-hydrogen) atoms. The number of nitrogens with one attached hydrogen (secondary N) is 1. The summed E-state index contributed by atoms with van der Waals surface area (Å²) >= 11 is 0. The molecule has 78 valence electrons. The van der Waals surface area contributed by atoms with E-state index in [1.807, 2.05) is 0 Å². The van der Waals surface area contributed by atoms with Crippen molar-refractivity contribution in [2.75, 3.05) is 38.3 Å². The Bertz CT molecular complexity index is 238. The molecular weight excluding hydrogens is 190 g/mol. The second-order valence-electron chi connectivity index (χ2n) is 3.47. The van der Waals surface area contributed by atoms with Gasteiger partial charge in [-0.3, -0.25) is 0 Å². The summed E-state index contributed by atoms with van der Waals surface area (Å²) in [4.78, 5) is 0. The van der Waals surface area contributed by atoms with E-state index in [-0.39, 0.29) is 0 Å². The molecule has 0 bridgehead atoms. The largest absolute Gasteiger partial charge is 0.383 e. The fourth-order valence-electron chi connectivity index (χ4n) is 1.51. The van der Waals surface area contributed by atoms with Crippen molar-refractivity contribution in [3.8, 4) is 0 Å². The van der Waals surface area contributed by atoms with Crippen LogP contribution in [0.3, 0.4) is 0 Å². The lowest BCUT2D eigenvalue weighted by Crippen LogP contribution is -2.26. The molecule has 1 aliphatic rings. The van der Waals surface area contributed by atoms with Crippen molar-refractivity contribution in [1.82, 2.24) is 5.32 Å². The van der Waals surface area contributed by atoms with Crippen molar-refractivity contribution in [3.63, 3.8) is 0 Å². The first kappa shape index (κ1) is 10.9. The van der Waals surface area contributed by atoms with Gasteiger partial charge in [-0.15, -0.1) is 0 Å².